The largest absolute Gasteiger partial charge is 0.502 e. The van der Waals surface area contributed by atoms with Crippen molar-refractivity contribution in [1.82, 2.24) is 0 Å². The monoisotopic (exact) mass is 384 g/mol. The van der Waals surface area contributed by atoms with Gasteiger partial charge in [-0.15, -0.1) is 0 Å². The third kappa shape index (κ3) is 12.5. The van der Waals surface area contributed by atoms with Crippen molar-refractivity contribution >= 4 is 0 Å². The summed E-state index contributed by atoms with van der Waals surface area (Å²) in [5, 5.41) is 0. The van der Waals surface area contributed by atoms with Crippen molar-refractivity contribution in [2.24, 2.45) is 5.92 Å². The molecule has 0 aromatic heterocycles. The van der Waals surface area contributed by atoms with E-state index in [0.717, 1.165) is 38.7 Å². The van der Waals surface area contributed by atoms with E-state index in [1.807, 2.05) is 6.26 Å². The van der Waals surface area contributed by atoms with Crippen LogP contribution in [-0.2, 0) is 14.2 Å². The first kappa shape index (κ1) is 26.5. The van der Waals surface area contributed by atoms with E-state index in [1.165, 1.54) is 44.9 Å². The third-order valence-corrected chi connectivity index (χ3v) is 5.15. The van der Waals surface area contributed by atoms with E-state index in [-0.39, 0.29) is 0 Å². The van der Waals surface area contributed by atoms with Gasteiger partial charge in [0.2, 0.25) is 0 Å². The Balaban J connectivity index is 4.78. The van der Waals surface area contributed by atoms with Crippen LogP contribution >= 0.6 is 0 Å². The molecule has 0 fully saturated rings. The van der Waals surface area contributed by atoms with Crippen molar-refractivity contribution in [2.45, 2.75) is 117 Å². The van der Waals surface area contributed by atoms with Crippen LogP contribution in [0.2, 0.25) is 0 Å². The summed E-state index contributed by atoms with van der Waals surface area (Å²) in [5.41, 5.74) is 0. The van der Waals surface area contributed by atoms with Crippen LogP contribution in [0.4, 0.5) is 0 Å². The van der Waals surface area contributed by atoms with E-state index in [4.69, 9.17) is 14.2 Å². The van der Waals surface area contributed by atoms with Gasteiger partial charge in [0.05, 0.1) is 12.9 Å². The zero-order chi connectivity index (χ0) is 20.2. The van der Waals surface area contributed by atoms with Crippen molar-refractivity contribution in [3.63, 3.8) is 0 Å². The molecule has 3 heteroatoms. The van der Waals surface area contributed by atoms with E-state index in [0.29, 0.717) is 19.1 Å². The molecule has 0 aliphatic heterocycles. The highest BCUT2D eigenvalue weighted by Crippen LogP contribution is 2.36. The fraction of sp³-hybridized carbons (Fsp3) is 0.917. The lowest BCUT2D eigenvalue weighted by atomic mass is 9.85. The maximum absolute atomic E-state index is 6.29. The van der Waals surface area contributed by atoms with Gasteiger partial charge in [0, 0.05) is 25.6 Å². The molecule has 0 aromatic rings. The Morgan fingerprint density at radius 3 is 1.96 bits per heavy atom. The highest BCUT2D eigenvalue weighted by Gasteiger charge is 2.39. The SMILES string of the molecule is CCC=COCCCC(CCCCCCCC)C(CCC)(OCC)OCC. The Morgan fingerprint density at radius 1 is 0.741 bits per heavy atom. The maximum atomic E-state index is 6.29. The van der Waals surface area contributed by atoms with Crippen molar-refractivity contribution in [2.75, 3.05) is 19.8 Å². The molecular formula is C24H48O3. The lowest BCUT2D eigenvalue weighted by molar-refractivity contribution is -0.270. The van der Waals surface area contributed by atoms with Crippen LogP contribution in [0.15, 0.2) is 12.3 Å². The van der Waals surface area contributed by atoms with E-state index in [9.17, 15) is 0 Å². The number of hydrogen-bond acceptors (Lipinski definition) is 3. The molecule has 162 valence electrons. The van der Waals surface area contributed by atoms with Crippen LogP contribution in [0.25, 0.3) is 0 Å². The number of unbranched alkanes of at least 4 members (excludes halogenated alkanes) is 5. The van der Waals surface area contributed by atoms with Crippen LogP contribution in [0.5, 0.6) is 0 Å². The molecule has 0 heterocycles. The van der Waals surface area contributed by atoms with Gasteiger partial charge in [-0.2, -0.15) is 0 Å². The molecule has 0 spiro atoms. The van der Waals surface area contributed by atoms with Crippen LogP contribution in [-0.4, -0.2) is 25.6 Å². The standard InChI is InChI=1S/C24H48O3/c1-6-11-13-14-15-16-18-23(19-17-22-25-21-12-7-2)24(20-8-3,26-9-4)27-10-5/h12,21,23H,6-11,13-20,22H2,1-5H3. The molecular weight excluding hydrogens is 336 g/mol. The van der Waals surface area contributed by atoms with Gasteiger partial charge in [-0.1, -0.05) is 71.8 Å². The first-order valence-electron chi connectivity index (χ1n) is 11.7. The first-order chi connectivity index (χ1) is 13.2. The number of hydrogen-bond donors (Lipinski definition) is 0. The van der Waals surface area contributed by atoms with Gasteiger partial charge in [0.1, 0.15) is 0 Å². The maximum Gasteiger partial charge on any atom is 0.170 e. The molecule has 0 bridgehead atoms. The Bertz CT molecular complexity index is 311. The van der Waals surface area contributed by atoms with Gasteiger partial charge in [-0.05, 0) is 39.5 Å². The second kappa shape index (κ2) is 18.8. The minimum Gasteiger partial charge on any atom is -0.502 e. The lowest BCUT2D eigenvalue weighted by Crippen LogP contribution is -2.44. The fourth-order valence-electron chi connectivity index (χ4n) is 3.86. The van der Waals surface area contributed by atoms with Crippen molar-refractivity contribution < 1.29 is 14.2 Å². The topological polar surface area (TPSA) is 27.7 Å². The highest BCUT2D eigenvalue weighted by molar-refractivity contribution is 4.81. The zero-order valence-corrected chi connectivity index (χ0v) is 19.1. The average Bonchev–Trinajstić information content (AvgIpc) is 2.66. The summed E-state index contributed by atoms with van der Waals surface area (Å²) in [6.07, 6.45) is 18.3. The fourth-order valence-corrected chi connectivity index (χ4v) is 3.86. The highest BCUT2D eigenvalue weighted by atomic mass is 16.7. The molecule has 0 radical (unpaired) electrons. The summed E-state index contributed by atoms with van der Waals surface area (Å²) in [4.78, 5) is 0. The van der Waals surface area contributed by atoms with Gasteiger partial charge in [0.15, 0.2) is 5.79 Å². The van der Waals surface area contributed by atoms with E-state index >= 15 is 0 Å². The number of ether oxygens (including phenoxy) is 3. The smallest absolute Gasteiger partial charge is 0.170 e. The summed E-state index contributed by atoms with van der Waals surface area (Å²) >= 11 is 0. The lowest BCUT2D eigenvalue weighted by Gasteiger charge is -2.40. The van der Waals surface area contributed by atoms with Gasteiger partial charge in [-0.25, -0.2) is 0 Å². The van der Waals surface area contributed by atoms with Gasteiger partial charge in [-0.3, -0.25) is 0 Å². The minimum atomic E-state index is -0.416. The summed E-state index contributed by atoms with van der Waals surface area (Å²) in [5.74, 6) is 0.0308. The first-order valence-corrected chi connectivity index (χ1v) is 11.7. The van der Waals surface area contributed by atoms with E-state index in [2.05, 4.69) is 40.7 Å². The van der Waals surface area contributed by atoms with Gasteiger partial charge in [0.25, 0.3) is 0 Å². The van der Waals surface area contributed by atoms with Crippen molar-refractivity contribution in [1.29, 1.82) is 0 Å². The van der Waals surface area contributed by atoms with E-state index in [1.54, 1.807) is 0 Å². The Morgan fingerprint density at radius 2 is 1.37 bits per heavy atom. The molecule has 0 saturated heterocycles. The molecule has 1 atom stereocenters. The van der Waals surface area contributed by atoms with Crippen LogP contribution in [0.3, 0.4) is 0 Å². The van der Waals surface area contributed by atoms with Gasteiger partial charge >= 0.3 is 0 Å². The molecule has 0 aliphatic carbocycles. The van der Waals surface area contributed by atoms with Crippen LogP contribution in [0.1, 0.15) is 112 Å². The number of rotatable bonds is 20. The second-order valence-corrected chi connectivity index (χ2v) is 7.47. The van der Waals surface area contributed by atoms with Gasteiger partial charge < -0.3 is 14.2 Å². The molecule has 0 aromatic carbocycles. The Labute approximate surface area is 170 Å². The molecule has 0 aliphatic rings. The summed E-state index contributed by atoms with van der Waals surface area (Å²) in [7, 11) is 0. The number of allylic oxidation sites excluding steroid dienone is 1. The summed E-state index contributed by atoms with van der Waals surface area (Å²) in [6, 6.07) is 0. The normalized spacial score (nSPS) is 13.4. The average molecular weight is 385 g/mol. The third-order valence-electron chi connectivity index (χ3n) is 5.15. The summed E-state index contributed by atoms with van der Waals surface area (Å²) < 4.78 is 18.2. The summed E-state index contributed by atoms with van der Waals surface area (Å²) in [6.45, 7) is 13.0. The Kier molecular flexibility index (Phi) is 18.4. The van der Waals surface area contributed by atoms with Crippen LogP contribution < -0.4 is 0 Å². The molecule has 3 nitrogen and oxygen atoms in total. The predicted octanol–water partition coefficient (Wildman–Crippen LogP) is 7.64. The molecule has 0 N–H and O–H groups in total. The quantitative estimate of drug-likeness (QED) is 0.123. The molecule has 0 amide bonds. The molecule has 0 rings (SSSR count). The minimum absolute atomic E-state index is 0.416. The van der Waals surface area contributed by atoms with E-state index < -0.39 is 5.79 Å². The predicted molar refractivity (Wildman–Crippen MR) is 117 cm³/mol. The van der Waals surface area contributed by atoms with Crippen molar-refractivity contribution in [3.05, 3.63) is 12.3 Å². The van der Waals surface area contributed by atoms with Crippen LogP contribution in [0, 0.1) is 5.92 Å². The molecule has 27 heavy (non-hydrogen) atoms. The Hall–Kier alpha value is -0.540. The second-order valence-electron chi connectivity index (χ2n) is 7.47. The van der Waals surface area contributed by atoms with Crippen molar-refractivity contribution in [3.8, 4) is 0 Å². The molecule has 0 saturated carbocycles. The molecule has 1 unspecified atom stereocenters. The zero-order valence-electron chi connectivity index (χ0n) is 19.1.